The van der Waals surface area contributed by atoms with E-state index in [0.717, 1.165) is 29.8 Å². The second kappa shape index (κ2) is 10.6. The van der Waals surface area contributed by atoms with Gasteiger partial charge in [0.25, 0.3) is 5.91 Å². The number of thioether (sulfide) groups is 1. The van der Waals surface area contributed by atoms with E-state index in [1.165, 1.54) is 22.9 Å². The lowest BCUT2D eigenvalue weighted by atomic mass is 10.1. The largest absolute Gasteiger partial charge is 0.497 e. The molecule has 0 unspecified atom stereocenters. The fraction of sp³-hybridized carbons (Fsp3) is 0.214. The van der Waals surface area contributed by atoms with E-state index in [-0.39, 0.29) is 5.91 Å². The maximum Gasteiger partial charge on any atom is 0.271 e. The smallest absolute Gasteiger partial charge is 0.271 e. The molecule has 5 nitrogen and oxygen atoms in total. The first-order chi connectivity index (χ1) is 16.6. The van der Waals surface area contributed by atoms with E-state index < -0.39 is 0 Å². The number of methoxy groups -OCH3 is 2. The Hall–Kier alpha value is -3.51. The van der Waals surface area contributed by atoms with Crippen molar-refractivity contribution in [1.82, 2.24) is 0 Å². The minimum atomic E-state index is -0.115. The van der Waals surface area contributed by atoms with Crippen LogP contribution in [0.15, 0.2) is 76.6 Å². The van der Waals surface area contributed by atoms with Gasteiger partial charge in [0.15, 0.2) is 5.17 Å². The zero-order chi connectivity index (χ0) is 24.1. The number of amides is 1. The number of anilines is 1. The molecule has 0 radical (unpaired) electrons. The molecule has 4 rings (SSSR count). The van der Waals surface area contributed by atoms with Gasteiger partial charge in [0.1, 0.15) is 11.5 Å². The standard InChI is InChI=1S/C28H28N2O3S/c1-5-19-7-12-22(13-8-19)29-28-30(23-14-9-20(6-2)10-15-23)27(31)26(34-28)17-21-11-16-24(32-3)18-25(21)33-4/h7-18H,5-6H2,1-4H3. The van der Waals surface area contributed by atoms with Crippen LogP contribution in [0.2, 0.25) is 0 Å². The van der Waals surface area contributed by atoms with E-state index in [1.54, 1.807) is 19.1 Å². The van der Waals surface area contributed by atoms with Gasteiger partial charge in [0.2, 0.25) is 0 Å². The van der Waals surface area contributed by atoms with Crippen molar-refractivity contribution in [3.63, 3.8) is 0 Å². The van der Waals surface area contributed by atoms with Crippen LogP contribution < -0.4 is 14.4 Å². The summed E-state index contributed by atoms with van der Waals surface area (Å²) in [5.74, 6) is 1.22. The van der Waals surface area contributed by atoms with Crippen LogP contribution in [-0.2, 0) is 17.6 Å². The Balaban J connectivity index is 1.76. The van der Waals surface area contributed by atoms with Crippen LogP contribution in [-0.4, -0.2) is 25.3 Å². The number of amidine groups is 1. The predicted molar refractivity (Wildman–Crippen MR) is 141 cm³/mol. The fourth-order valence-electron chi connectivity index (χ4n) is 3.65. The molecule has 34 heavy (non-hydrogen) atoms. The number of ether oxygens (including phenoxy) is 2. The molecule has 0 atom stereocenters. The molecule has 0 N–H and O–H groups in total. The first kappa shape index (κ1) is 23.6. The van der Waals surface area contributed by atoms with Crippen LogP contribution in [0.3, 0.4) is 0 Å². The summed E-state index contributed by atoms with van der Waals surface area (Å²) in [6.45, 7) is 4.24. The monoisotopic (exact) mass is 472 g/mol. The maximum atomic E-state index is 13.6. The predicted octanol–water partition coefficient (Wildman–Crippen LogP) is 6.64. The molecule has 1 fully saturated rings. The van der Waals surface area contributed by atoms with Crippen molar-refractivity contribution >= 4 is 40.3 Å². The lowest BCUT2D eigenvalue weighted by Crippen LogP contribution is -2.28. The summed E-state index contributed by atoms with van der Waals surface area (Å²) in [5, 5.41) is 0.622. The van der Waals surface area contributed by atoms with Gasteiger partial charge in [-0.05, 0) is 78.2 Å². The molecule has 1 saturated heterocycles. The lowest BCUT2D eigenvalue weighted by Gasteiger charge is -2.16. The van der Waals surface area contributed by atoms with Crippen LogP contribution in [0.1, 0.15) is 30.5 Å². The molecular formula is C28H28N2O3S. The van der Waals surface area contributed by atoms with Crippen LogP contribution >= 0.6 is 11.8 Å². The summed E-state index contributed by atoms with van der Waals surface area (Å²) in [4.78, 5) is 20.7. The highest BCUT2D eigenvalue weighted by Crippen LogP contribution is 2.39. The van der Waals surface area contributed by atoms with Crippen molar-refractivity contribution in [1.29, 1.82) is 0 Å². The summed E-state index contributed by atoms with van der Waals surface area (Å²) < 4.78 is 10.8. The van der Waals surface area contributed by atoms with E-state index in [2.05, 4.69) is 38.1 Å². The second-order valence-corrected chi connectivity index (χ2v) is 8.80. The third-order valence-corrected chi connectivity index (χ3v) is 6.67. The molecule has 0 bridgehead atoms. The Morgan fingerprint density at radius 2 is 1.53 bits per heavy atom. The molecule has 3 aromatic carbocycles. The molecule has 1 aliphatic heterocycles. The van der Waals surface area contributed by atoms with Crippen molar-refractivity contribution in [3.05, 3.63) is 88.3 Å². The van der Waals surface area contributed by atoms with Gasteiger partial charge in [0.05, 0.1) is 30.5 Å². The topological polar surface area (TPSA) is 51.1 Å². The summed E-state index contributed by atoms with van der Waals surface area (Å²) in [5.41, 5.74) is 4.87. The Bertz CT molecular complexity index is 1230. The third-order valence-electron chi connectivity index (χ3n) is 5.71. The summed E-state index contributed by atoms with van der Waals surface area (Å²) in [6, 6.07) is 21.7. The second-order valence-electron chi connectivity index (χ2n) is 7.79. The molecule has 1 heterocycles. The first-order valence-corrected chi connectivity index (χ1v) is 12.1. The van der Waals surface area contributed by atoms with Crippen molar-refractivity contribution < 1.29 is 14.3 Å². The highest BCUT2D eigenvalue weighted by Gasteiger charge is 2.35. The van der Waals surface area contributed by atoms with Crippen LogP contribution in [0, 0.1) is 0 Å². The van der Waals surface area contributed by atoms with Gasteiger partial charge >= 0.3 is 0 Å². The zero-order valence-electron chi connectivity index (χ0n) is 19.9. The average Bonchev–Trinajstić information content (AvgIpc) is 3.18. The summed E-state index contributed by atoms with van der Waals surface area (Å²) in [6.07, 6.45) is 3.76. The number of aryl methyl sites for hydroxylation is 2. The summed E-state index contributed by atoms with van der Waals surface area (Å²) in [7, 11) is 3.22. The quantitative estimate of drug-likeness (QED) is 0.362. The van der Waals surface area contributed by atoms with Gasteiger partial charge in [0, 0.05) is 11.6 Å². The number of carbonyl (C=O) groups is 1. The van der Waals surface area contributed by atoms with E-state index in [4.69, 9.17) is 14.5 Å². The number of benzene rings is 3. The molecule has 0 aromatic heterocycles. The van der Waals surface area contributed by atoms with E-state index >= 15 is 0 Å². The van der Waals surface area contributed by atoms with Gasteiger partial charge in [-0.3, -0.25) is 9.69 Å². The normalized spacial score (nSPS) is 15.9. The number of rotatable bonds is 7. The fourth-order valence-corrected chi connectivity index (χ4v) is 4.64. The highest BCUT2D eigenvalue weighted by molar-refractivity contribution is 8.19. The minimum Gasteiger partial charge on any atom is -0.497 e. The van der Waals surface area contributed by atoms with Crippen LogP contribution in [0.25, 0.3) is 6.08 Å². The molecule has 174 valence electrons. The van der Waals surface area contributed by atoms with E-state index in [1.807, 2.05) is 48.5 Å². The Morgan fingerprint density at radius 3 is 2.12 bits per heavy atom. The molecule has 0 saturated carbocycles. The van der Waals surface area contributed by atoms with Crippen molar-refractivity contribution in [3.8, 4) is 11.5 Å². The molecule has 3 aromatic rings. The Kier molecular flexibility index (Phi) is 7.38. The van der Waals surface area contributed by atoms with E-state index in [9.17, 15) is 4.79 Å². The molecule has 6 heteroatoms. The highest BCUT2D eigenvalue weighted by atomic mass is 32.2. The zero-order valence-corrected chi connectivity index (χ0v) is 20.7. The first-order valence-electron chi connectivity index (χ1n) is 11.3. The number of hydrogen-bond donors (Lipinski definition) is 0. The SMILES string of the molecule is CCc1ccc(N=C2SC(=Cc3ccc(OC)cc3OC)C(=O)N2c2ccc(CC)cc2)cc1. The average molecular weight is 473 g/mol. The number of carbonyl (C=O) groups excluding carboxylic acids is 1. The lowest BCUT2D eigenvalue weighted by molar-refractivity contribution is -0.113. The van der Waals surface area contributed by atoms with E-state index in [0.29, 0.717) is 21.6 Å². The van der Waals surface area contributed by atoms with Gasteiger partial charge in [-0.25, -0.2) is 4.99 Å². The molecular weight excluding hydrogens is 444 g/mol. The third kappa shape index (κ3) is 5.02. The molecule has 1 amide bonds. The van der Waals surface area contributed by atoms with Gasteiger partial charge in [-0.15, -0.1) is 0 Å². The van der Waals surface area contributed by atoms with Crippen LogP contribution in [0.5, 0.6) is 11.5 Å². The summed E-state index contributed by atoms with van der Waals surface area (Å²) >= 11 is 1.36. The molecule has 1 aliphatic rings. The Labute approximate surface area is 205 Å². The van der Waals surface area contributed by atoms with Gasteiger partial charge in [-0.2, -0.15) is 0 Å². The number of aliphatic imine (C=N–C) groups is 1. The van der Waals surface area contributed by atoms with Gasteiger partial charge < -0.3 is 9.47 Å². The number of nitrogens with zero attached hydrogens (tertiary/aromatic N) is 2. The van der Waals surface area contributed by atoms with Crippen molar-refractivity contribution in [2.24, 2.45) is 4.99 Å². The minimum absolute atomic E-state index is 0.115. The maximum absolute atomic E-state index is 13.6. The van der Waals surface area contributed by atoms with Gasteiger partial charge in [-0.1, -0.05) is 38.1 Å². The molecule has 0 spiro atoms. The number of hydrogen-bond acceptors (Lipinski definition) is 5. The van der Waals surface area contributed by atoms with Crippen molar-refractivity contribution in [2.75, 3.05) is 19.1 Å². The van der Waals surface area contributed by atoms with Crippen molar-refractivity contribution in [2.45, 2.75) is 26.7 Å². The molecule has 0 aliphatic carbocycles. The Morgan fingerprint density at radius 1 is 0.882 bits per heavy atom. The van der Waals surface area contributed by atoms with Crippen LogP contribution in [0.4, 0.5) is 11.4 Å².